The molecular weight excluding hydrogens is 515 g/mol. The molecule has 198 valence electrons. The number of anilines is 1. The van der Waals surface area contributed by atoms with E-state index in [1.165, 1.54) is 17.4 Å². The molecule has 1 heterocycles. The highest BCUT2D eigenvalue weighted by atomic mass is 35.5. The molecule has 0 atom stereocenters. The molecule has 2 N–H and O–H groups in total. The third-order valence-corrected chi connectivity index (χ3v) is 5.45. The Morgan fingerprint density at radius 3 is 2.46 bits per heavy atom. The zero-order valence-corrected chi connectivity index (χ0v) is 23.1. The van der Waals surface area contributed by atoms with Gasteiger partial charge in [0.1, 0.15) is 5.82 Å². The lowest BCUT2D eigenvalue weighted by molar-refractivity contribution is -0.191. The molecule has 0 fully saturated rings. The summed E-state index contributed by atoms with van der Waals surface area (Å²) in [6.07, 6.45) is 8.99. The Kier molecular flexibility index (Phi) is 17.5. The highest BCUT2D eigenvalue weighted by Crippen LogP contribution is 2.29. The van der Waals surface area contributed by atoms with E-state index in [-0.39, 0.29) is 16.9 Å². The third-order valence-electron chi connectivity index (χ3n) is 4.30. The van der Waals surface area contributed by atoms with E-state index in [4.69, 9.17) is 25.9 Å². The lowest BCUT2D eigenvalue weighted by Crippen LogP contribution is -1.87. The van der Waals surface area contributed by atoms with Gasteiger partial charge in [0.15, 0.2) is 16.6 Å². The van der Waals surface area contributed by atoms with Crippen LogP contribution in [0.15, 0.2) is 78.2 Å². The summed E-state index contributed by atoms with van der Waals surface area (Å²) in [5.41, 5.74) is 3.62. The molecule has 0 bridgehead atoms. The lowest BCUT2D eigenvalue weighted by Gasteiger charge is -2.05. The number of aromatic nitrogens is 1. The maximum Gasteiger partial charge on any atom is 0.373 e. The number of aromatic hydroxyl groups is 1. The summed E-state index contributed by atoms with van der Waals surface area (Å²) in [6.45, 7) is 9.66. The average molecular weight is 547 g/mol. The van der Waals surface area contributed by atoms with Gasteiger partial charge in [0.05, 0.1) is 17.8 Å². The molecular formula is C28H32ClFN2O4S. The summed E-state index contributed by atoms with van der Waals surface area (Å²) in [5.74, 6) is 0.395. The summed E-state index contributed by atoms with van der Waals surface area (Å²) in [4.78, 5) is 20.5. The van der Waals surface area contributed by atoms with Crippen molar-refractivity contribution in [2.45, 2.75) is 27.2 Å². The van der Waals surface area contributed by atoms with Crippen LogP contribution in [0.1, 0.15) is 26.3 Å². The Morgan fingerprint density at radius 1 is 1.30 bits per heavy atom. The fourth-order valence-electron chi connectivity index (χ4n) is 2.53. The summed E-state index contributed by atoms with van der Waals surface area (Å²) >= 11 is 7.18. The van der Waals surface area contributed by atoms with Crippen molar-refractivity contribution < 1.29 is 23.8 Å². The van der Waals surface area contributed by atoms with E-state index in [0.717, 1.165) is 33.9 Å². The van der Waals surface area contributed by atoms with Gasteiger partial charge in [-0.05, 0) is 50.1 Å². The number of halogens is 2. The van der Waals surface area contributed by atoms with Crippen molar-refractivity contribution in [3.05, 3.63) is 94.6 Å². The van der Waals surface area contributed by atoms with Gasteiger partial charge in [-0.1, -0.05) is 67.1 Å². The highest BCUT2D eigenvalue weighted by molar-refractivity contribution is 7.14. The van der Waals surface area contributed by atoms with Gasteiger partial charge >= 0.3 is 6.15 Å². The number of methoxy groups -OCH3 is 1. The van der Waals surface area contributed by atoms with E-state index in [1.54, 1.807) is 32.4 Å². The van der Waals surface area contributed by atoms with Crippen LogP contribution in [0.4, 0.5) is 9.52 Å². The fraction of sp³-hybridized carbons (Fsp3) is 0.214. The van der Waals surface area contributed by atoms with Crippen LogP contribution in [0, 0.1) is 5.82 Å². The second kappa shape index (κ2) is 19.5. The Labute approximate surface area is 226 Å². The number of phenols is 1. The minimum Gasteiger partial charge on any atom is -0.504 e. The van der Waals surface area contributed by atoms with Crippen molar-refractivity contribution in [1.82, 2.24) is 4.98 Å². The molecule has 0 unspecified atom stereocenters. The highest BCUT2D eigenvalue weighted by Gasteiger charge is 2.06. The number of nitrogens with zero attached hydrogens (tertiary/aromatic N) is 1. The first-order valence-electron chi connectivity index (χ1n) is 11.1. The lowest BCUT2D eigenvalue weighted by atomic mass is 10.1. The van der Waals surface area contributed by atoms with Crippen LogP contribution >= 0.6 is 22.9 Å². The van der Waals surface area contributed by atoms with E-state index >= 15 is 0 Å². The Hall–Kier alpha value is -3.71. The molecule has 3 aromatic rings. The molecule has 37 heavy (non-hydrogen) atoms. The maximum atomic E-state index is 12.9. The van der Waals surface area contributed by atoms with Crippen molar-refractivity contribution >= 4 is 34.2 Å². The largest absolute Gasteiger partial charge is 0.504 e. The number of allylic oxidation sites excluding steroid dienone is 5. The second-order valence-electron chi connectivity index (χ2n) is 7.05. The molecule has 1 aromatic heterocycles. The van der Waals surface area contributed by atoms with Crippen LogP contribution in [0.3, 0.4) is 0 Å². The molecule has 0 amide bonds. The minimum atomic E-state index is -0.413. The number of hydrogen-bond donors (Lipinski definition) is 2. The van der Waals surface area contributed by atoms with Gasteiger partial charge in [0.2, 0.25) is 0 Å². The van der Waals surface area contributed by atoms with Gasteiger partial charge < -0.3 is 15.2 Å². The van der Waals surface area contributed by atoms with E-state index < -0.39 is 5.82 Å². The first-order valence-corrected chi connectivity index (χ1v) is 12.3. The van der Waals surface area contributed by atoms with Crippen molar-refractivity contribution in [2.75, 3.05) is 19.5 Å². The predicted molar refractivity (Wildman–Crippen MR) is 150 cm³/mol. The first-order chi connectivity index (χ1) is 17.7. The number of aryl methyl sites for hydroxylation is 1. The molecule has 0 aliphatic carbocycles. The van der Waals surface area contributed by atoms with Crippen molar-refractivity contribution in [1.29, 1.82) is 0 Å². The zero-order chi connectivity index (χ0) is 28.2. The van der Waals surface area contributed by atoms with E-state index in [1.807, 2.05) is 62.6 Å². The number of carbonyl (C=O) groups excluding carboxylic acids is 2. The van der Waals surface area contributed by atoms with Crippen LogP contribution in [0.5, 0.6) is 11.5 Å². The monoisotopic (exact) mass is 546 g/mol. The smallest absolute Gasteiger partial charge is 0.373 e. The quantitative estimate of drug-likeness (QED) is 0.308. The van der Waals surface area contributed by atoms with Crippen molar-refractivity contribution in [3.8, 4) is 22.8 Å². The molecule has 0 radical (unpaired) electrons. The van der Waals surface area contributed by atoms with E-state index in [9.17, 15) is 9.50 Å². The molecule has 0 spiro atoms. The molecule has 3 rings (SSSR count). The fourth-order valence-corrected chi connectivity index (χ4v) is 3.39. The number of hydrogen-bond acceptors (Lipinski definition) is 7. The maximum absolute atomic E-state index is 12.9. The Balaban J connectivity index is 0.000000522. The van der Waals surface area contributed by atoms with Gasteiger partial charge in [0.25, 0.3) is 0 Å². The molecule has 0 saturated heterocycles. The van der Waals surface area contributed by atoms with Crippen LogP contribution in [0.25, 0.3) is 11.3 Å². The number of ether oxygens (including phenoxy) is 1. The first kappa shape index (κ1) is 33.3. The normalized spacial score (nSPS) is 9.70. The Morgan fingerprint density at radius 2 is 1.97 bits per heavy atom. The second-order valence-corrected chi connectivity index (χ2v) is 8.32. The SMILES string of the molecule is C=C(C)/C=C\C=C/C.CCc1cccc(OC)c1O.CNc1nc(-c2ccc(F)c(Cl)c2)cs1.O=C=O. The topological polar surface area (TPSA) is 88.5 Å². The number of rotatable bonds is 6. The Bertz CT molecular complexity index is 1180. The van der Waals surface area contributed by atoms with E-state index in [0.29, 0.717) is 5.75 Å². The van der Waals surface area contributed by atoms with E-state index in [2.05, 4.69) is 16.9 Å². The van der Waals surface area contributed by atoms with Crippen molar-refractivity contribution in [3.63, 3.8) is 0 Å². The summed E-state index contributed by atoms with van der Waals surface area (Å²) in [7, 11) is 3.36. The zero-order valence-electron chi connectivity index (χ0n) is 21.5. The van der Waals surface area contributed by atoms with Gasteiger partial charge in [-0.25, -0.2) is 9.37 Å². The third kappa shape index (κ3) is 13.2. The molecule has 6 nitrogen and oxygen atoms in total. The number of phenolic OH excluding ortho intramolecular Hbond substituents is 1. The summed E-state index contributed by atoms with van der Waals surface area (Å²) in [5, 5.41) is 15.2. The van der Waals surface area contributed by atoms with Gasteiger partial charge in [0, 0.05) is 18.0 Å². The van der Waals surface area contributed by atoms with Crippen LogP contribution in [0.2, 0.25) is 5.02 Å². The number of thiazole rings is 1. The average Bonchev–Trinajstić information content (AvgIpc) is 3.37. The standard InChI is InChI=1S/C10H8ClFN2S.C9H12O2.C8H12.CO2/c1-13-10-14-9(5-15-10)6-2-3-8(12)7(11)4-6;1-3-7-5-4-6-8(11-2)9(7)10;1-4-5-6-7-8(2)3;2-1-3/h2-5H,1H3,(H,13,14);4-6,10H,3H2,1-2H3;4-7H,2H2,1,3H3;/b;;5-4-,7-6-;. The van der Waals surface area contributed by atoms with Gasteiger partial charge in [-0.2, -0.15) is 9.59 Å². The minimum absolute atomic E-state index is 0.117. The van der Waals surface area contributed by atoms with Gasteiger partial charge in [-0.3, -0.25) is 0 Å². The van der Waals surface area contributed by atoms with Crippen LogP contribution in [-0.4, -0.2) is 30.4 Å². The molecule has 9 heteroatoms. The number of nitrogens with one attached hydrogen (secondary N) is 1. The van der Waals surface area contributed by atoms with Crippen molar-refractivity contribution in [2.24, 2.45) is 0 Å². The molecule has 0 aliphatic rings. The van der Waals surface area contributed by atoms with Crippen LogP contribution < -0.4 is 10.1 Å². The summed E-state index contributed by atoms with van der Waals surface area (Å²) in [6, 6.07) is 10.1. The number of para-hydroxylation sites is 1. The predicted octanol–water partition coefficient (Wildman–Crippen LogP) is 7.72. The number of benzene rings is 2. The summed E-state index contributed by atoms with van der Waals surface area (Å²) < 4.78 is 17.9. The van der Waals surface area contributed by atoms with Crippen LogP contribution in [-0.2, 0) is 16.0 Å². The van der Waals surface area contributed by atoms with Gasteiger partial charge in [-0.15, -0.1) is 11.3 Å². The molecule has 0 aliphatic heterocycles. The molecule has 2 aromatic carbocycles. The molecule has 0 saturated carbocycles.